The Balaban J connectivity index is 1.93. The average molecular weight is 239 g/mol. The highest BCUT2D eigenvalue weighted by Gasteiger charge is 2.12. The zero-order valence-electron chi connectivity index (χ0n) is 9.75. The molecule has 1 aromatic carbocycles. The first-order chi connectivity index (χ1) is 7.74. The number of rotatable bonds is 2. The molecule has 1 unspecified atom stereocenters. The number of nitrogens with zero attached hydrogens (tertiary/aromatic N) is 1. The van der Waals surface area contributed by atoms with Crippen molar-refractivity contribution in [1.29, 1.82) is 0 Å². The summed E-state index contributed by atoms with van der Waals surface area (Å²) in [4.78, 5) is 2.49. The van der Waals surface area contributed by atoms with Crippen molar-refractivity contribution in [2.45, 2.75) is 25.9 Å². The molecular formula is C13H19ClN2. The largest absolute Gasteiger partial charge is 0.313 e. The SMILES string of the molecule is CC1CCN(Cc2cccc(Cl)c2)CCN1. The summed E-state index contributed by atoms with van der Waals surface area (Å²) in [6, 6.07) is 8.80. The maximum atomic E-state index is 5.99. The molecule has 1 heterocycles. The zero-order valence-corrected chi connectivity index (χ0v) is 10.5. The molecule has 1 saturated heterocycles. The van der Waals surface area contributed by atoms with Crippen LogP contribution >= 0.6 is 11.6 Å². The monoisotopic (exact) mass is 238 g/mol. The van der Waals surface area contributed by atoms with Crippen molar-refractivity contribution in [1.82, 2.24) is 10.2 Å². The Hall–Kier alpha value is -0.570. The van der Waals surface area contributed by atoms with Gasteiger partial charge in [0.25, 0.3) is 0 Å². The Labute approximate surface area is 103 Å². The van der Waals surface area contributed by atoms with Crippen LogP contribution in [0.2, 0.25) is 5.02 Å². The average Bonchev–Trinajstić information content (AvgIpc) is 2.44. The van der Waals surface area contributed by atoms with Gasteiger partial charge in [-0.3, -0.25) is 4.90 Å². The second kappa shape index (κ2) is 5.67. The van der Waals surface area contributed by atoms with Gasteiger partial charge in [-0.1, -0.05) is 23.7 Å². The summed E-state index contributed by atoms with van der Waals surface area (Å²) in [7, 11) is 0. The molecule has 0 spiro atoms. The number of nitrogens with one attached hydrogen (secondary N) is 1. The van der Waals surface area contributed by atoms with E-state index in [0.29, 0.717) is 6.04 Å². The molecule has 0 amide bonds. The normalized spacial score (nSPS) is 23.0. The molecule has 1 aliphatic heterocycles. The first-order valence-corrected chi connectivity index (χ1v) is 6.32. The molecular weight excluding hydrogens is 220 g/mol. The minimum absolute atomic E-state index is 0.643. The van der Waals surface area contributed by atoms with Crippen LogP contribution in [0.15, 0.2) is 24.3 Å². The smallest absolute Gasteiger partial charge is 0.0409 e. The van der Waals surface area contributed by atoms with E-state index >= 15 is 0 Å². The highest BCUT2D eigenvalue weighted by Crippen LogP contribution is 2.13. The number of hydrogen-bond acceptors (Lipinski definition) is 2. The molecule has 1 fully saturated rings. The molecule has 1 atom stereocenters. The molecule has 1 aliphatic rings. The summed E-state index contributed by atoms with van der Waals surface area (Å²) < 4.78 is 0. The Morgan fingerprint density at radius 3 is 3.12 bits per heavy atom. The summed E-state index contributed by atoms with van der Waals surface area (Å²) >= 11 is 5.99. The molecule has 1 N–H and O–H groups in total. The second-order valence-corrected chi connectivity index (χ2v) is 4.99. The van der Waals surface area contributed by atoms with E-state index in [1.807, 2.05) is 12.1 Å². The van der Waals surface area contributed by atoms with Gasteiger partial charge in [0.1, 0.15) is 0 Å². The zero-order chi connectivity index (χ0) is 11.4. The third-order valence-electron chi connectivity index (χ3n) is 3.09. The van der Waals surface area contributed by atoms with E-state index in [4.69, 9.17) is 11.6 Å². The lowest BCUT2D eigenvalue weighted by Gasteiger charge is -2.19. The van der Waals surface area contributed by atoms with Gasteiger partial charge in [0.15, 0.2) is 0 Å². The van der Waals surface area contributed by atoms with Crippen molar-refractivity contribution in [3.63, 3.8) is 0 Å². The molecule has 3 heteroatoms. The fraction of sp³-hybridized carbons (Fsp3) is 0.538. The minimum Gasteiger partial charge on any atom is -0.313 e. The highest BCUT2D eigenvalue weighted by molar-refractivity contribution is 6.30. The molecule has 2 rings (SSSR count). The van der Waals surface area contributed by atoms with E-state index in [2.05, 4.69) is 29.3 Å². The van der Waals surface area contributed by atoms with Gasteiger partial charge in [-0.15, -0.1) is 0 Å². The Morgan fingerprint density at radius 2 is 2.31 bits per heavy atom. The minimum atomic E-state index is 0.643. The van der Waals surface area contributed by atoms with Crippen LogP contribution in [0.1, 0.15) is 18.9 Å². The van der Waals surface area contributed by atoms with Crippen LogP contribution in [0.3, 0.4) is 0 Å². The van der Waals surface area contributed by atoms with Crippen molar-refractivity contribution in [3.05, 3.63) is 34.9 Å². The van der Waals surface area contributed by atoms with Crippen LogP contribution in [0, 0.1) is 0 Å². The van der Waals surface area contributed by atoms with Gasteiger partial charge in [-0.05, 0) is 31.0 Å². The third kappa shape index (κ3) is 3.48. The van der Waals surface area contributed by atoms with Gasteiger partial charge in [0.2, 0.25) is 0 Å². The van der Waals surface area contributed by atoms with Crippen molar-refractivity contribution >= 4 is 11.6 Å². The molecule has 0 aromatic heterocycles. The summed E-state index contributed by atoms with van der Waals surface area (Å²) in [6.45, 7) is 6.64. The van der Waals surface area contributed by atoms with E-state index in [1.165, 1.54) is 18.5 Å². The maximum absolute atomic E-state index is 5.99. The third-order valence-corrected chi connectivity index (χ3v) is 3.33. The molecule has 0 aliphatic carbocycles. The molecule has 0 radical (unpaired) electrons. The van der Waals surface area contributed by atoms with E-state index in [-0.39, 0.29) is 0 Å². The summed E-state index contributed by atoms with van der Waals surface area (Å²) in [5.41, 5.74) is 1.31. The van der Waals surface area contributed by atoms with Gasteiger partial charge < -0.3 is 5.32 Å². The van der Waals surface area contributed by atoms with Crippen molar-refractivity contribution in [2.24, 2.45) is 0 Å². The first kappa shape index (κ1) is 11.9. The van der Waals surface area contributed by atoms with Crippen LogP contribution in [0.4, 0.5) is 0 Å². The fourth-order valence-corrected chi connectivity index (χ4v) is 2.32. The van der Waals surface area contributed by atoms with Gasteiger partial charge >= 0.3 is 0 Å². The van der Waals surface area contributed by atoms with Crippen molar-refractivity contribution < 1.29 is 0 Å². The highest BCUT2D eigenvalue weighted by atomic mass is 35.5. The topological polar surface area (TPSA) is 15.3 Å². The molecule has 0 saturated carbocycles. The second-order valence-electron chi connectivity index (χ2n) is 4.55. The number of benzene rings is 1. The number of hydrogen-bond donors (Lipinski definition) is 1. The molecule has 0 bridgehead atoms. The maximum Gasteiger partial charge on any atom is 0.0409 e. The van der Waals surface area contributed by atoms with Crippen molar-refractivity contribution in [3.8, 4) is 0 Å². The Morgan fingerprint density at radius 1 is 1.44 bits per heavy atom. The van der Waals surface area contributed by atoms with Gasteiger partial charge in [-0.25, -0.2) is 0 Å². The van der Waals surface area contributed by atoms with E-state index in [9.17, 15) is 0 Å². The first-order valence-electron chi connectivity index (χ1n) is 5.94. The number of halogens is 1. The quantitative estimate of drug-likeness (QED) is 0.852. The summed E-state index contributed by atoms with van der Waals surface area (Å²) in [5.74, 6) is 0. The van der Waals surface area contributed by atoms with Gasteiger partial charge in [0.05, 0.1) is 0 Å². The van der Waals surface area contributed by atoms with Crippen LogP contribution in [0.5, 0.6) is 0 Å². The van der Waals surface area contributed by atoms with Gasteiger partial charge in [-0.2, -0.15) is 0 Å². The molecule has 2 nitrogen and oxygen atoms in total. The summed E-state index contributed by atoms with van der Waals surface area (Å²) in [5, 5.41) is 4.34. The predicted octanol–water partition coefficient (Wildman–Crippen LogP) is 2.52. The van der Waals surface area contributed by atoms with Crippen molar-refractivity contribution in [2.75, 3.05) is 19.6 Å². The fourth-order valence-electron chi connectivity index (χ4n) is 2.11. The molecule has 1 aromatic rings. The van der Waals surface area contributed by atoms with Crippen LogP contribution in [-0.4, -0.2) is 30.6 Å². The lowest BCUT2D eigenvalue weighted by Crippen LogP contribution is -2.28. The lowest BCUT2D eigenvalue weighted by molar-refractivity contribution is 0.282. The standard InChI is InChI=1S/C13H19ClN2/c1-11-5-7-16(8-6-15-11)10-12-3-2-4-13(14)9-12/h2-4,9,11,15H,5-8,10H2,1H3. The van der Waals surface area contributed by atoms with Gasteiger partial charge in [0, 0.05) is 37.2 Å². The van der Waals surface area contributed by atoms with E-state index in [0.717, 1.165) is 24.7 Å². The predicted molar refractivity (Wildman–Crippen MR) is 68.8 cm³/mol. The van der Waals surface area contributed by atoms with Crippen LogP contribution in [-0.2, 0) is 6.54 Å². The van der Waals surface area contributed by atoms with E-state index in [1.54, 1.807) is 0 Å². The summed E-state index contributed by atoms with van der Waals surface area (Å²) in [6.07, 6.45) is 1.22. The van der Waals surface area contributed by atoms with Crippen LogP contribution in [0.25, 0.3) is 0 Å². The Bertz CT molecular complexity index is 340. The Kier molecular flexibility index (Phi) is 4.22. The molecule has 16 heavy (non-hydrogen) atoms. The molecule has 88 valence electrons. The van der Waals surface area contributed by atoms with Crippen LogP contribution < -0.4 is 5.32 Å². The lowest BCUT2D eigenvalue weighted by atomic mass is 10.2. The van der Waals surface area contributed by atoms with E-state index < -0.39 is 0 Å².